The van der Waals surface area contributed by atoms with Gasteiger partial charge in [-0.05, 0) is 37.5 Å². The van der Waals surface area contributed by atoms with E-state index in [4.69, 9.17) is 5.73 Å². The van der Waals surface area contributed by atoms with Crippen LogP contribution in [0.15, 0.2) is 24.3 Å². The number of barbiturate groups is 1. The van der Waals surface area contributed by atoms with Crippen molar-refractivity contribution in [3.05, 3.63) is 35.6 Å². The Bertz CT molecular complexity index is 630. The van der Waals surface area contributed by atoms with Crippen molar-refractivity contribution in [2.24, 2.45) is 11.7 Å². The highest BCUT2D eigenvalue weighted by Crippen LogP contribution is 2.27. The fourth-order valence-electron chi connectivity index (χ4n) is 2.41. The maximum Gasteiger partial charge on any atom is 0.330 e. The largest absolute Gasteiger partial charge is 0.330 e. The average molecular weight is 307 g/mol. The number of nitrogens with two attached hydrogens (primary N) is 1. The van der Waals surface area contributed by atoms with Crippen LogP contribution in [0.3, 0.4) is 0 Å². The zero-order chi connectivity index (χ0) is 16.5. The number of nitrogens with zero attached hydrogens (tertiary/aromatic N) is 1. The van der Waals surface area contributed by atoms with E-state index in [-0.39, 0.29) is 6.42 Å². The van der Waals surface area contributed by atoms with Crippen LogP contribution in [0.1, 0.15) is 25.3 Å². The summed E-state index contributed by atoms with van der Waals surface area (Å²) < 4.78 is 13.3. The van der Waals surface area contributed by atoms with Gasteiger partial charge in [0.2, 0.25) is 11.8 Å². The third kappa shape index (κ3) is 3.14. The molecule has 0 aliphatic carbocycles. The molecule has 1 aliphatic heterocycles. The van der Waals surface area contributed by atoms with E-state index in [0.29, 0.717) is 12.0 Å². The standard InChI is InChI=1S/C15H18FN3O3/c1-15(17,9-4-3-5-10(16)8-9)7-6-11-12(20)18-14(22)19(2)13(11)21/h3-5,8,11H,6-7,17H2,1-2H3,(H,18,20,22). The van der Waals surface area contributed by atoms with Crippen molar-refractivity contribution in [1.82, 2.24) is 10.2 Å². The third-order valence-electron chi connectivity index (χ3n) is 3.92. The monoisotopic (exact) mass is 307 g/mol. The molecule has 1 heterocycles. The molecular formula is C15H18FN3O3. The van der Waals surface area contributed by atoms with Crippen LogP contribution in [0, 0.1) is 11.7 Å². The van der Waals surface area contributed by atoms with Crippen molar-refractivity contribution >= 4 is 17.8 Å². The molecule has 1 aromatic carbocycles. The van der Waals surface area contributed by atoms with Crippen LogP contribution < -0.4 is 11.1 Å². The van der Waals surface area contributed by atoms with Crippen molar-refractivity contribution in [2.45, 2.75) is 25.3 Å². The maximum atomic E-state index is 13.3. The number of benzene rings is 1. The van der Waals surface area contributed by atoms with Crippen molar-refractivity contribution < 1.29 is 18.8 Å². The highest BCUT2D eigenvalue weighted by molar-refractivity contribution is 6.15. The van der Waals surface area contributed by atoms with Gasteiger partial charge in [0.15, 0.2) is 0 Å². The van der Waals surface area contributed by atoms with E-state index in [1.807, 2.05) is 0 Å². The number of carbonyl (C=O) groups excluding carboxylic acids is 3. The molecule has 1 saturated heterocycles. The van der Waals surface area contributed by atoms with Gasteiger partial charge >= 0.3 is 6.03 Å². The van der Waals surface area contributed by atoms with Crippen LogP contribution in [-0.4, -0.2) is 29.8 Å². The minimum Gasteiger partial charge on any atom is -0.322 e. The van der Waals surface area contributed by atoms with Crippen molar-refractivity contribution in [3.63, 3.8) is 0 Å². The van der Waals surface area contributed by atoms with Gasteiger partial charge in [0.25, 0.3) is 0 Å². The first-order chi connectivity index (χ1) is 10.2. The Labute approximate surface area is 127 Å². The molecule has 0 aromatic heterocycles. The van der Waals surface area contributed by atoms with Crippen LogP contribution in [0.4, 0.5) is 9.18 Å². The lowest BCUT2D eigenvalue weighted by molar-refractivity contribution is -0.142. The summed E-state index contributed by atoms with van der Waals surface area (Å²) in [6, 6.07) is 5.17. The highest BCUT2D eigenvalue weighted by Gasteiger charge is 2.39. The van der Waals surface area contributed by atoms with Gasteiger partial charge < -0.3 is 5.73 Å². The van der Waals surface area contributed by atoms with E-state index in [1.54, 1.807) is 19.1 Å². The SMILES string of the molecule is CN1C(=O)NC(=O)C(CCC(C)(N)c2cccc(F)c2)C1=O. The zero-order valence-electron chi connectivity index (χ0n) is 12.4. The third-order valence-corrected chi connectivity index (χ3v) is 3.92. The van der Waals surface area contributed by atoms with Gasteiger partial charge in [-0.15, -0.1) is 0 Å². The lowest BCUT2D eigenvalue weighted by Crippen LogP contribution is -2.56. The van der Waals surface area contributed by atoms with Crippen molar-refractivity contribution in [3.8, 4) is 0 Å². The molecule has 6 nitrogen and oxygen atoms in total. The molecule has 22 heavy (non-hydrogen) atoms. The molecule has 0 saturated carbocycles. The molecule has 2 unspecified atom stereocenters. The van der Waals surface area contributed by atoms with Crippen molar-refractivity contribution in [1.29, 1.82) is 0 Å². The van der Waals surface area contributed by atoms with E-state index in [2.05, 4.69) is 5.32 Å². The Morgan fingerprint density at radius 1 is 1.36 bits per heavy atom. The second-order valence-corrected chi connectivity index (χ2v) is 5.71. The molecule has 0 bridgehead atoms. The second-order valence-electron chi connectivity index (χ2n) is 5.71. The summed E-state index contributed by atoms with van der Waals surface area (Å²) in [6.45, 7) is 1.71. The Hall–Kier alpha value is -2.28. The molecule has 0 spiro atoms. The summed E-state index contributed by atoms with van der Waals surface area (Å²) in [7, 11) is 1.31. The summed E-state index contributed by atoms with van der Waals surface area (Å²) in [5.41, 5.74) is 5.88. The molecule has 0 radical (unpaired) electrons. The minimum absolute atomic E-state index is 0.172. The normalized spacial score (nSPS) is 21.5. The second kappa shape index (κ2) is 5.84. The molecule has 1 aromatic rings. The van der Waals surface area contributed by atoms with Gasteiger partial charge in [0.05, 0.1) is 0 Å². The summed E-state index contributed by atoms with van der Waals surface area (Å²) in [5.74, 6) is -2.53. The summed E-state index contributed by atoms with van der Waals surface area (Å²) in [4.78, 5) is 36.0. The lowest BCUT2D eigenvalue weighted by Gasteiger charge is -2.30. The first-order valence-corrected chi connectivity index (χ1v) is 6.89. The fourth-order valence-corrected chi connectivity index (χ4v) is 2.41. The van der Waals surface area contributed by atoms with Crippen LogP contribution >= 0.6 is 0 Å². The van der Waals surface area contributed by atoms with Crippen molar-refractivity contribution in [2.75, 3.05) is 7.05 Å². The molecule has 118 valence electrons. The number of hydrogen-bond donors (Lipinski definition) is 2. The van der Waals surface area contributed by atoms with E-state index < -0.39 is 35.1 Å². The molecule has 3 N–H and O–H groups in total. The quantitative estimate of drug-likeness (QED) is 0.815. The molecule has 1 fully saturated rings. The zero-order valence-corrected chi connectivity index (χ0v) is 12.4. The van der Waals surface area contributed by atoms with Gasteiger partial charge in [-0.2, -0.15) is 0 Å². The van der Waals surface area contributed by atoms with Gasteiger partial charge in [-0.25, -0.2) is 9.18 Å². The van der Waals surface area contributed by atoms with Crippen LogP contribution in [0.2, 0.25) is 0 Å². The molecule has 2 rings (SSSR count). The van der Waals surface area contributed by atoms with E-state index in [1.165, 1.54) is 19.2 Å². The Morgan fingerprint density at radius 2 is 2.05 bits per heavy atom. The predicted octanol–water partition coefficient (Wildman–Crippen LogP) is 1.10. The number of hydrogen-bond acceptors (Lipinski definition) is 4. The molecule has 7 heteroatoms. The van der Waals surface area contributed by atoms with E-state index in [9.17, 15) is 18.8 Å². The molecule has 1 aliphatic rings. The average Bonchev–Trinajstić information content (AvgIpc) is 2.44. The van der Waals surface area contributed by atoms with Gasteiger partial charge in [0.1, 0.15) is 11.7 Å². The number of amides is 4. The van der Waals surface area contributed by atoms with E-state index in [0.717, 1.165) is 4.90 Å². The maximum absolute atomic E-state index is 13.3. The number of nitrogens with one attached hydrogen (secondary N) is 1. The van der Waals surface area contributed by atoms with Gasteiger partial charge in [-0.1, -0.05) is 12.1 Å². The van der Waals surface area contributed by atoms with Crippen LogP contribution in [0.5, 0.6) is 0 Å². The summed E-state index contributed by atoms with van der Waals surface area (Å²) >= 11 is 0. The minimum atomic E-state index is -0.959. The Balaban J connectivity index is 2.09. The number of urea groups is 1. The smallest absolute Gasteiger partial charge is 0.322 e. The fraction of sp³-hybridized carbons (Fsp3) is 0.400. The van der Waals surface area contributed by atoms with E-state index >= 15 is 0 Å². The number of rotatable bonds is 4. The number of carbonyl (C=O) groups is 3. The number of imide groups is 2. The topological polar surface area (TPSA) is 92.5 Å². The van der Waals surface area contributed by atoms with Crippen LogP contribution in [-0.2, 0) is 15.1 Å². The lowest BCUT2D eigenvalue weighted by atomic mass is 9.84. The molecular weight excluding hydrogens is 289 g/mol. The molecule has 4 amide bonds. The highest BCUT2D eigenvalue weighted by atomic mass is 19.1. The number of halogens is 1. The van der Waals surface area contributed by atoms with Gasteiger partial charge in [0, 0.05) is 12.6 Å². The van der Waals surface area contributed by atoms with Crippen LogP contribution in [0.25, 0.3) is 0 Å². The molecule has 2 atom stereocenters. The first kappa shape index (κ1) is 16.1. The van der Waals surface area contributed by atoms with Gasteiger partial charge in [-0.3, -0.25) is 19.8 Å². The predicted molar refractivity (Wildman–Crippen MR) is 77.0 cm³/mol. The summed E-state index contributed by atoms with van der Waals surface area (Å²) in [5, 5.41) is 2.12. The first-order valence-electron chi connectivity index (χ1n) is 6.89. The summed E-state index contributed by atoms with van der Waals surface area (Å²) in [6.07, 6.45) is 0.466. The Kier molecular flexibility index (Phi) is 4.27. The Morgan fingerprint density at radius 3 is 2.68 bits per heavy atom.